The highest BCUT2D eigenvalue weighted by Crippen LogP contribution is 2.78. The number of hydrogen-bond acceptors (Lipinski definition) is 1. The molecule has 0 aromatic carbocycles. The minimum atomic E-state index is 0.347. The highest BCUT2D eigenvalue weighted by Gasteiger charge is 2.81. The maximum Gasteiger partial charge on any atom is 0.144 e. The summed E-state index contributed by atoms with van der Waals surface area (Å²) in [4.78, 5) is 10.9. The molecule has 42 valence electrons. The Morgan fingerprint density at radius 2 is 2.38 bits per heavy atom. The van der Waals surface area contributed by atoms with Crippen molar-refractivity contribution in [1.29, 1.82) is 0 Å². The second-order valence-corrected chi connectivity index (χ2v) is 3.44. The van der Waals surface area contributed by atoms with Gasteiger partial charge in [0.15, 0.2) is 0 Å². The van der Waals surface area contributed by atoms with Crippen LogP contribution in [0.2, 0.25) is 0 Å². The average Bonchev–Trinajstić information content (AvgIpc) is 2.55. The first-order valence-electron chi connectivity index (χ1n) is 3.40. The maximum absolute atomic E-state index is 10.9. The van der Waals surface area contributed by atoms with Gasteiger partial charge in [-0.1, -0.05) is 0 Å². The highest BCUT2D eigenvalue weighted by atomic mass is 16.1. The average molecular weight is 108 g/mol. The van der Waals surface area contributed by atoms with Gasteiger partial charge in [0.2, 0.25) is 0 Å². The molecule has 0 bridgehead atoms. The predicted octanol–water partition coefficient (Wildman–Crippen LogP) is 0.985. The fourth-order valence-corrected chi connectivity index (χ4v) is 2.62. The molecular formula is C7H8O. The molecule has 0 radical (unpaired) electrons. The minimum absolute atomic E-state index is 0.347. The SMILES string of the molecule is O=C1C2CCC3CC132. The lowest BCUT2D eigenvalue weighted by Crippen LogP contribution is -1.81. The molecule has 1 heteroatoms. The van der Waals surface area contributed by atoms with E-state index in [1.165, 1.54) is 19.3 Å². The van der Waals surface area contributed by atoms with Crippen LogP contribution in [0.5, 0.6) is 0 Å². The van der Waals surface area contributed by atoms with Crippen molar-refractivity contribution in [3.63, 3.8) is 0 Å². The van der Waals surface area contributed by atoms with E-state index in [1.807, 2.05) is 0 Å². The Balaban J connectivity index is 2.15. The van der Waals surface area contributed by atoms with Gasteiger partial charge in [-0.2, -0.15) is 0 Å². The number of hydrogen-bond donors (Lipinski definition) is 0. The van der Waals surface area contributed by atoms with Gasteiger partial charge >= 0.3 is 0 Å². The summed E-state index contributed by atoms with van der Waals surface area (Å²) in [5.41, 5.74) is 0.347. The number of Topliss-reactive ketones (excluding diaryl/α,β-unsaturated/α-hetero) is 1. The van der Waals surface area contributed by atoms with Crippen LogP contribution in [0, 0.1) is 17.3 Å². The lowest BCUT2D eigenvalue weighted by molar-refractivity contribution is -0.112. The Hall–Kier alpha value is -0.330. The molecule has 3 aliphatic carbocycles. The van der Waals surface area contributed by atoms with Crippen LogP contribution in [-0.2, 0) is 4.79 Å². The molecule has 0 aromatic rings. The Morgan fingerprint density at radius 1 is 1.50 bits per heavy atom. The highest BCUT2D eigenvalue weighted by molar-refractivity contribution is 6.08. The summed E-state index contributed by atoms with van der Waals surface area (Å²) < 4.78 is 0. The fourth-order valence-electron chi connectivity index (χ4n) is 2.62. The zero-order valence-electron chi connectivity index (χ0n) is 4.68. The summed E-state index contributed by atoms with van der Waals surface area (Å²) in [5, 5.41) is 0. The largest absolute Gasteiger partial charge is 0.299 e. The summed E-state index contributed by atoms with van der Waals surface area (Å²) >= 11 is 0. The van der Waals surface area contributed by atoms with Crippen LogP contribution < -0.4 is 0 Å². The summed E-state index contributed by atoms with van der Waals surface area (Å²) in [6.45, 7) is 0. The normalized spacial score (nSPS) is 64.8. The third-order valence-electron chi connectivity index (χ3n) is 3.27. The molecule has 3 saturated carbocycles. The van der Waals surface area contributed by atoms with E-state index in [4.69, 9.17) is 0 Å². The van der Waals surface area contributed by atoms with Crippen LogP contribution in [0.1, 0.15) is 19.3 Å². The number of carbonyl (C=O) groups excluding carboxylic acids is 1. The predicted molar refractivity (Wildman–Crippen MR) is 28.3 cm³/mol. The van der Waals surface area contributed by atoms with Crippen molar-refractivity contribution >= 4 is 5.78 Å². The standard InChI is InChI=1S/C7H8O/c8-6-5-2-1-4-3-7(4,5)6/h4-5H,1-3H2. The van der Waals surface area contributed by atoms with E-state index in [1.54, 1.807) is 0 Å². The van der Waals surface area contributed by atoms with Crippen molar-refractivity contribution < 1.29 is 4.79 Å². The van der Waals surface area contributed by atoms with Crippen molar-refractivity contribution in [3.8, 4) is 0 Å². The Morgan fingerprint density at radius 3 is 2.62 bits per heavy atom. The molecule has 0 heterocycles. The van der Waals surface area contributed by atoms with Gasteiger partial charge < -0.3 is 0 Å². The molecule has 3 atom stereocenters. The van der Waals surface area contributed by atoms with E-state index in [-0.39, 0.29) is 0 Å². The van der Waals surface area contributed by atoms with E-state index in [9.17, 15) is 4.79 Å². The molecule has 8 heavy (non-hydrogen) atoms. The van der Waals surface area contributed by atoms with Gasteiger partial charge in [0.25, 0.3) is 0 Å². The van der Waals surface area contributed by atoms with E-state index in [0.29, 0.717) is 17.1 Å². The first kappa shape index (κ1) is 3.65. The molecule has 0 aromatic heterocycles. The third-order valence-corrected chi connectivity index (χ3v) is 3.27. The van der Waals surface area contributed by atoms with Gasteiger partial charge in [-0.3, -0.25) is 4.79 Å². The molecule has 0 amide bonds. The molecular weight excluding hydrogens is 100 g/mol. The molecule has 3 unspecified atom stereocenters. The first-order valence-corrected chi connectivity index (χ1v) is 3.40. The van der Waals surface area contributed by atoms with E-state index < -0.39 is 0 Å². The Bertz CT molecular complexity index is 185. The summed E-state index contributed by atoms with van der Waals surface area (Å²) in [7, 11) is 0. The zero-order chi connectivity index (χ0) is 5.35. The monoisotopic (exact) mass is 108 g/mol. The van der Waals surface area contributed by atoms with Gasteiger partial charge in [0.05, 0.1) is 0 Å². The third kappa shape index (κ3) is 0.162. The fraction of sp³-hybridized carbons (Fsp3) is 0.857. The smallest absolute Gasteiger partial charge is 0.144 e. The molecule has 0 aliphatic heterocycles. The topological polar surface area (TPSA) is 17.1 Å². The first-order chi connectivity index (χ1) is 3.86. The molecule has 1 spiro atoms. The van der Waals surface area contributed by atoms with Gasteiger partial charge in [-0.05, 0) is 25.2 Å². The quantitative estimate of drug-likeness (QED) is 0.452. The van der Waals surface area contributed by atoms with Crippen molar-refractivity contribution in [3.05, 3.63) is 0 Å². The summed E-state index contributed by atoms with van der Waals surface area (Å²) in [5.74, 6) is 2.03. The van der Waals surface area contributed by atoms with Crippen LogP contribution >= 0.6 is 0 Å². The number of ketones is 1. The van der Waals surface area contributed by atoms with Crippen LogP contribution in [0.15, 0.2) is 0 Å². The maximum atomic E-state index is 10.9. The number of carbonyl (C=O) groups is 1. The van der Waals surface area contributed by atoms with Crippen molar-refractivity contribution in [2.45, 2.75) is 19.3 Å². The molecule has 3 rings (SSSR count). The molecule has 3 aliphatic rings. The van der Waals surface area contributed by atoms with Gasteiger partial charge in [-0.25, -0.2) is 0 Å². The van der Waals surface area contributed by atoms with Crippen molar-refractivity contribution in [2.75, 3.05) is 0 Å². The second kappa shape index (κ2) is 0.687. The van der Waals surface area contributed by atoms with Crippen LogP contribution in [0.3, 0.4) is 0 Å². The lowest BCUT2D eigenvalue weighted by Gasteiger charge is -1.84. The molecule has 3 fully saturated rings. The second-order valence-electron chi connectivity index (χ2n) is 3.44. The summed E-state index contributed by atoms with van der Waals surface area (Å²) in [6, 6.07) is 0. The van der Waals surface area contributed by atoms with Crippen LogP contribution in [0.25, 0.3) is 0 Å². The van der Waals surface area contributed by atoms with Gasteiger partial charge in [0, 0.05) is 11.3 Å². The lowest BCUT2D eigenvalue weighted by atomic mass is 10.2. The van der Waals surface area contributed by atoms with Crippen LogP contribution in [0.4, 0.5) is 0 Å². The van der Waals surface area contributed by atoms with E-state index in [0.717, 1.165) is 5.92 Å². The number of rotatable bonds is 0. The van der Waals surface area contributed by atoms with Gasteiger partial charge in [0.1, 0.15) is 5.78 Å². The summed E-state index contributed by atoms with van der Waals surface area (Å²) in [6.07, 6.45) is 3.84. The zero-order valence-corrected chi connectivity index (χ0v) is 4.68. The van der Waals surface area contributed by atoms with Gasteiger partial charge in [-0.15, -0.1) is 0 Å². The van der Waals surface area contributed by atoms with Crippen LogP contribution in [-0.4, -0.2) is 5.78 Å². The molecule has 0 N–H and O–H groups in total. The van der Waals surface area contributed by atoms with Crippen molar-refractivity contribution in [1.82, 2.24) is 0 Å². The molecule has 0 saturated heterocycles. The Kier molecular flexibility index (Phi) is 0.313. The van der Waals surface area contributed by atoms with Crippen molar-refractivity contribution in [2.24, 2.45) is 17.3 Å². The Labute approximate surface area is 48.1 Å². The van der Waals surface area contributed by atoms with E-state index in [2.05, 4.69) is 0 Å². The minimum Gasteiger partial charge on any atom is -0.299 e. The molecule has 1 nitrogen and oxygen atoms in total. The van der Waals surface area contributed by atoms with E-state index >= 15 is 0 Å².